The number of piperazine rings is 1. The summed E-state index contributed by atoms with van der Waals surface area (Å²) in [5.74, 6) is 0.127. The van der Waals surface area contributed by atoms with Gasteiger partial charge in [-0.1, -0.05) is 29.8 Å². The lowest BCUT2D eigenvalue weighted by molar-refractivity contribution is -1.01. The van der Waals surface area contributed by atoms with Crippen LogP contribution in [0.1, 0.15) is 10.4 Å². The normalized spacial score (nSPS) is 20.7. The SMILES string of the molecule is O=C(C[NH+]1CC[NH+](Cc2cccs2)CC1)NCc1ccc(Cl)cc1. The predicted molar refractivity (Wildman–Crippen MR) is 97.6 cm³/mol. The third kappa shape index (κ3) is 5.31. The van der Waals surface area contributed by atoms with Crippen LogP contribution < -0.4 is 15.1 Å². The lowest BCUT2D eigenvalue weighted by atomic mass is 10.2. The summed E-state index contributed by atoms with van der Waals surface area (Å²) in [4.78, 5) is 16.6. The van der Waals surface area contributed by atoms with Gasteiger partial charge in [-0.2, -0.15) is 0 Å². The number of nitrogens with one attached hydrogen (secondary N) is 3. The van der Waals surface area contributed by atoms with Gasteiger partial charge >= 0.3 is 0 Å². The van der Waals surface area contributed by atoms with Crippen molar-refractivity contribution in [2.45, 2.75) is 13.1 Å². The molecule has 0 unspecified atom stereocenters. The highest BCUT2D eigenvalue weighted by atomic mass is 35.5. The second kappa shape index (κ2) is 8.62. The summed E-state index contributed by atoms with van der Waals surface area (Å²) in [5, 5.41) is 5.87. The van der Waals surface area contributed by atoms with E-state index in [2.05, 4.69) is 22.8 Å². The van der Waals surface area contributed by atoms with Crippen molar-refractivity contribution >= 4 is 28.8 Å². The standard InChI is InChI=1S/C18H22ClN3OS/c19-16-5-3-15(4-6-16)12-20-18(23)14-22-9-7-21(8-10-22)13-17-2-1-11-24-17/h1-6,11H,7-10,12-14H2,(H,20,23)/p+2. The molecule has 1 amide bonds. The predicted octanol–water partition coefficient (Wildman–Crippen LogP) is 0.00130. The monoisotopic (exact) mass is 365 g/mol. The fourth-order valence-electron chi connectivity index (χ4n) is 3.06. The molecule has 0 atom stereocenters. The molecular formula is C18H24ClN3OS+2. The van der Waals surface area contributed by atoms with E-state index in [1.54, 1.807) is 4.90 Å². The Labute approximate surface area is 152 Å². The molecule has 1 fully saturated rings. The number of halogens is 1. The Balaban J connectivity index is 1.36. The van der Waals surface area contributed by atoms with Gasteiger partial charge in [0.1, 0.15) is 32.7 Å². The third-order valence-corrected chi connectivity index (χ3v) is 5.61. The number of hydrogen-bond acceptors (Lipinski definition) is 2. The van der Waals surface area contributed by atoms with Crippen LogP contribution in [0.15, 0.2) is 41.8 Å². The third-order valence-electron chi connectivity index (χ3n) is 4.48. The fraction of sp³-hybridized carbons (Fsp3) is 0.389. The molecule has 6 heteroatoms. The maximum atomic E-state index is 12.1. The van der Waals surface area contributed by atoms with Crippen molar-refractivity contribution in [2.24, 2.45) is 0 Å². The van der Waals surface area contributed by atoms with Crippen molar-refractivity contribution in [3.05, 3.63) is 57.2 Å². The molecule has 1 aromatic heterocycles. The maximum Gasteiger partial charge on any atom is 0.275 e. The van der Waals surface area contributed by atoms with E-state index in [9.17, 15) is 4.79 Å². The molecule has 3 rings (SSSR count). The lowest BCUT2D eigenvalue weighted by Crippen LogP contribution is -3.28. The van der Waals surface area contributed by atoms with Crippen LogP contribution in [0.4, 0.5) is 0 Å². The molecular weight excluding hydrogens is 342 g/mol. The highest BCUT2D eigenvalue weighted by Gasteiger charge is 2.24. The zero-order valence-corrected chi connectivity index (χ0v) is 15.3. The number of rotatable bonds is 6. The van der Waals surface area contributed by atoms with E-state index < -0.39 is 0 Å². The van der Waals surface area contributed by atoms with E-state index in [1.807, 2.05) is 35.6 Å². The van der Waals surface area contributed by atoms with Gasteiger partial charge in [-0.05, 0) is 29.1 Å². The molecule has 0 spiro atoms. The molecule has 0 bridgehead atoms. The number of hydrogen-bond donors (Lipinski definition) is 3. The molecule has 3 N–H and O–H groups in total. The van der Waals surface area contributed by atoms with E-state index in [0.717, 1.165) is 43.3 Å². The molecule has 0 saturated carbocycles. The highest BCUT2D eigenvalue weighted by Crippen LogP contribution is 2.09. The molecule has 0 aliphatic carbocycles. The summed E-state index contributed by atoms with van der Waals surface area (Å²) in [6.45, 7) is 6.66. The first kappa shape index (κ1) is 17.4. The van der Waals surface area contributed by atoms with Crippen molar-refractivity contribution in [1.82, 2.24) is 5.32 Å². The van der Waals surface area contributed by atoms with Crippen molar-refractivity contribution in [2.75, 3.05) is 32.7 Å². The van der Waals surface area contributed by atoms with E-state index in [4.69, 9.17) is 11.6 Å². The smallest absolute Gasteiger partial charge is 0.275 e. The van der Waals surface area contributed by atoms with Gasteiger partial charge in [-0.3, -0.25) is 4.79 Å². The zero-order valence-electron chi connectivity index (χ0n) is 13.7. The summed E-state index contributed by atoms with van der Waals surface area (Å²) >= 11 is 7.70. The Morgan fingerprint density at radius 1 is 1.08 bits per heavy atom. The summed E-state index contributed by atoms with van der Waals surface area (Å²) < 4.78 is 0. The van der Waals surface area contributed by atoms with Gasteiger partial charge in [0.15, 0.2) is 6.54 Å². The largest absolute Gasteiger partial charge is 0.347 e. The fourth-order valence-corrected chi connectivity index (χ4v) is 3.97. The quantitative estimate of drug-likeness (QED) is 0.662. The van der Waals surface area contributed by atoms with Gasteiger partial charge in [0.2, 0.25) is 0 Å². The average molecular weight is 366 g/mol. The van der Waals surface area contributed by atoms with Gasteiger partial charge in [-0.25, -0.2) is 0 Å². The molecule has 0 radical (unpaired) electrons. The first-order valence-electron chi connectivity index (χ1n) is 8.40. The molecule has 1 saturated heterocycles. The Morgan fingerprint density at radius 2 is 1.79 bits per heavy atom. The summed E-state index contributed by atoms with van der Waals surface area (Å²) in [5.41, 5.74) is 1.08. The van der Waals surface area contributed by atoms with E-state index in [-0.39, 0.29) is 5.91 Å². The average Bonchev–Trinajstić information content (AvgIpc) is 3.09. The molecule has 2 heterocycles. The lowest BCUT2D eigenvalue weighted by Gasteiger charge is -2.29. The van der Waals surface area contributed by atoms with Gasteiger partial charge < -0.3 is 15.1 Å². The molecule has 1 aliphatic heterocycles. The molecule has 4 nitrogen and oxygen atoms in total. The van der Waals surface area contributed by atoms with Crippen molar-refractivity contribution < 1.29 is 14.6 Å². The van der Waals surface area contributed by atoms with Crippen LogP contribution in [-0.2, 0) is 17.9 Å². The molecule has 1 aromatic carbocycles. The Kier molecular flexibility index (Phi) is 6.26. The van der Waals surface area contributed by atoms with Crippen LogP contribution in [-0.4, -0.2) is 38.6 Å². The van der Waals surface area contributed by atoms with Crippen LogP contribution in [0.3, 0.4) is 0 Å². The maximum absolute atomic E-state index is 12.1. The second-order valence-corrected chi connectivity index (χ2v) is 7.80. The second-order valence-electron chi connectivity index (χ2n) is 6.34. The van der Waals surface area contributed by atoms with E-state index >= 15 is 0 Å². The summed E-state index contributed by atoms with van der Waals surface area (Å²) in [6, 6.07) is 11.9. The number of carbonyl (C=O) groups excluding carboxylic acids is 1. The molecule has 2 aromatic rings. The first-order valence-corrected chi connectivity index (χ1v) is 9.65. The minimum atomic E-state index is 0.127. The molecule has 1 aliphatic rings. The van der Waals surface area contributed by atoms with Gasteiger partial charge in [-0.15, -0.1) is 11.3 Å². The van der Waals surface area contributed by atoms with Crippen molar-refractivity contribution in [3.8, 4) is 0 Å². The van der Waals surface area contributed by atoms with Crippen LogP contribution in [0, 0.1) is 0 Å². The van der Waals surface area contributed by atoms with E-state index in [1.165, 1.54) is 9.78 Å². The van der Waals surface area contributed by atoms with Crippen LogP contribution in [0.2, 0.25) is 5.02 Å². The number of thiophene rings is 1. The highest BCUT2D eigenvalue weighted by molar-refractivity contribution is 7.09. The topological polar surface area (TPSA) is 38.0 Å². The van der Waals surface area contributed by atoms with Gasteiger partial charge in [0.05, 0.1) is 4.88 Å². The molecule has 128 valence electrons. The van der Waals surface area contributed by atoms with Crippen molar-refractivity contribution in [1.29, 1.82) is 0 Å². The Hall–Kier alpha value is -1.40. The Bertz CT molecular complexity index is 637. The number of amides is 1. The van der Waals surface area contributed by atoms with Crippen LogP contribution in [0.25, 0.3) is 0 Å². The minimum Gasteiger partial charge on any atom is -0.347 e. The Morgan fingerprint density at radius 3 is 2.46 bits per heavy atom. The first-order chi connectivity index (χ1) is 11.7. The van der Waals surface area contributed by atoms with Gasteiger partial charge in [0, 0.05) is 11.6 Å². The van der Waals surface area contributed by atoms with Gasteiger partial charge in [0.25, 0.3) is 5.91 Å². The summed E-state index contributed by atoms with van der Waals surface area (Å²) in [6.07, 6.45) is 0. The number of quaternary nitrogens is 2. The van der Waals surface area contributed by atoms with Crippen LogP contribution >= 0.6 is 22.9 Å². The molecule has 24 heavy (non-hydrogen) atoms. The van der Waals surface area contributed by atoms with E-state index in [0.29, 0.717) is 13.1 Å². The summed E-state index contributed by atoms with van der Waals surface area (Å²) in [7, 11) is 0. The number of carbonyl (C=O) groups is 1. The minimum absolute atomic E-state index is 0.127. The zero-order chi connectivity index (χ0) is 16.8. The van der Waals surface area contributed by atoms with Crippen LogP contribution in [0.5, 0.6) is 0 Å². The number of benzene rings is 1. The van der Waals surface area contributed by atoms with Crippen molar-refractivity contribution in [3.63, 3.8) is 0 Å².